The monoisotopic (exact) mass is 334 g/mol. The van der Waals surface area contributed by atoms with E-state index in [1.165, 1.54) is 17.7 Å². The van der Waals surface area contributed by atoms with E-state index >= 15 is 0 Å². The molecule has 0 aliphatic heterocycles. The third kappa shape index (κ3) is 5.45. The molecule has 1 aliphatic carbocycles. The van der Waals surface area contributed by atoms with E-state index in [4.69, 9.17) is 5.73 Å². The summed E-state index contributed by atoms with van der Waals surface area (Å²) in [5.41, 5.74) is 8.94. The molecule has 2 rings (SSSR count). The number of hydrogen-bond acceptors (Lipinski definition) is 2. The third-order valence-electron chi connectivity index (χ3n) is 4.82. The Morgan fingerprint density at radius 2 is 1.96 bits per heavy atom. The van der Waals surface area contributed by atoms with Crippen LogP contribution in [-0.2, 0) is 6.42 Å². The van der Waals surface area contributed by atoms with E-state index in [0.717, 1.165) is 49.7 Å². The van der Waals surface area contributed by atoms with Crippen LogP contribution < -0.4 is 11.1 Å². The van der Waals surface area contributed by atoms with Crippen LogP contribution in [0.25, 0.3) is 0 Å². The molecular weight excluding hydrogens is 306 g/mol. The van der Waals surface area contributed by atoms with E-state index in [-0.39, 0.29) is 0 Å². The van der Waals surface area contributed by atoms with E-state index in [9.17, 15) is 8.78 Å². The van der Waals surface area contributed by atoms with Gasteiger partial charge in [0.2, 0.25) is 0 Å². The van der Waals surface area contributed by atoms with Gasteiger partial charge in [-0.05, 0) is 67.0 Å². The fraction of sp³-hybridized carbons (Fsp3) is 0.500. The Morgan fingerprint density at radius 1 is 1.25 bits per heavy atom. The van der Waals surface area contributed by atoms with E-state index in [1.807, 2.05) is 6.08 Å². The summed E-state index contributed by atoms with van der Waals surface area (Å²) < 4.78 is 26.6. The second kappa shape index (κ2) is 8.97. The maximum atomic E-state index is 13.3. The van der Waals surface area contributed by atoms with Crippen molar-refractivity contribution in [2.75, 3.05) is 13.1 Å². The number of allylic oxidation sites excluding steroid dienone is 2. The van der Waals surface area contributed by atoms with Gasteiger partial charge in [-0.15, -0.1) is 0 Å². The van der Waals surface area contributed by atoms with Gasteiger partial charge >= 0.3 is 0 Å². The Bertz CT molecular complexity index is 587. The Labute approximate surface area is 143 Å². The first-order valence-electron chi connectivity index (χ1n) is 8.80. The maximum Gasteiger partial charge on any atom is 0.126 e. The number of nitrogens with two attached hydrogens (primary N) is 1. The Balaban J connectivity index is 1.80. The van der Waals surface area contributed by atoms with Crippen LogP contribution in [-0.4, -0.2) is 13.1 Å². The average Bonchev–Trinajstić information content (AvgIpc) is 2.51. The second-order valence-electron chi connectivity index (χ2n) is 6.74. The highest BCUT2D eigenvalue weighted by molar-refractivity contribution is 5.29. The van der Waals surface area contributed by atoms with Gasteiger partial charge in [0.1, 0.15) is 11.6 Å². The molecule has 1 aromatic rings. The zero-order valence-electron chi connectivity index (χ0n) is 14.6. The summed E-state index contributed by atoms with van der Waals surface area (Å²) in [6.07, 6.45) is 7.83. The Morgan fingerprint density at radius 3 is 2.58 bits per heavy atom. The van der Waals surface area contributed by atoms with Crippen LogP contribution in [0.4, 0.5) is 8.78 Å². The topological polar surface area (TPSA) is 38.0 Å². The summed E-state index contributed by atoms with van der Waals surface area (Å²) in [7, 11) is 0. The van der Waals surface area contributed by atoms with Crippen molar-refractivity contribution in [1.29, 1.82) is 0 Å². The Kier molecular flexibility index (Phi) is 6.98. The minimum absolute atomic E-state index is 0.411. The first-order valence-corrected chi connectivity index (χ1v) is 8.80. The highest BCUT2D eigenvalue weighted by Gasteiger charge is 2.14. The molecule has 24 heavy (non-hydrogen) atoms. The standard InChI is InChI=1S/C20H28F2N2/c1-3-15(9-16-10-17(21)12-18(22)11-16)7-8-24-13-19-14(2)5-4-6-20(19)23/h4,6,10-12,14-15,24H,3,5,7-9,13,23H2,1-2H3. The minimum Gasteiger partial charge on any atom is -0.399 e. The highest BCUT2D eigenvalue weighted by atomic mass is 19.1. The lowest BCUT2D eigenvalue weighted by Crippen LogP contribution is -2.26. The predicted octanol–water partition coefficient (Wildman–Crippen LogP) is 4.32. The van der Waals surface area contributed by atoms with Gasteiger partial charge in [0.15, 0.2) is 0 Å². The lowest BCUT2D eigenvalue weighted by atomic mass is 9.91. The molecule has 0 saturated heterocycles. The van der Waals surface area contributed by atoms with Crippen LogP contribution >= 0.6 is 0 Å². The average molecular weight is 334 g/mol. The number of hydrogen-bond donors (Lipinski definition) is 2. The van der Waals surface area contributed by atoms with Crippen molar-refractivity contribution in [2.45, 2.75) is 39.5 Å². The van der Waals surface area contributed by atoms with Crippen molar-refractivity contribution in [3.63, 3.8) is 0 Å². The number of benzene rings is 1. The lowest BCUT2D eigenvalue weighted by Gasteiger charge is -2.21. The molecule has 2 atom stereocenters. The second-order valence-corrected chi connectivity index (χ2v) is 6.74. The lowest BCUT2D eigenvalue weighted by molar-refractivity contribution is 0.448. The zero-order valence-corrected chi connectivity index (χ0v) is 14.6. The summed E-state index contributed by atoms with van der Waals surface area (Å²) in [6, 6.07) is 3.78. The molecule has 2 unspecified atom stereocenters. The smallest absolute Gasteiger partial charge is 0.126 e. The van der Waals surface area contributed by atoms with Crippen LogP contribution in [0.3, 0.4) is 0 Å². The first kappa shape index (κ1) is 18.7. The number of nitrogens with one attached hydrogen (secondary N) is 1. The van der Waals surface area contributed by atoms with E-state index in [1.54, 1.807) is 0 Å². The molecule has 0 radical (unpaired) electrons. The number of halogens is 2. The molecule has 0 heterocycles. The SMILES string of the molecule is CCC(CCNCC1=C(N)C=CCC1C)Cc1cc(F)cc(F)c1. The molecule has 0 saturated carbocycles. The molecule has 0 aromatic heterocycles. The molecule has 132 valence electrons. The summed E-state index contributed by atoms with van der Waals surface area (Å²) in [5.74, 6) is -0.104. The van der Waals surface area contributed by atoms with Gasteiger partial charge in [-0.25, -0.2) is 8.78 Å². The summed E-state index contributed by atoms with van der Waals surface area (Å²) in [5, 5.41) is 3.47. The predicted molar refractivity (Wildman–Crippen MR) is 95.5 cm³/mol. The zero-order chi connectivity index (χ0) is 17.5. The van der Waals surface area contributed by atoms with Crippen LogP contribution in [0, 0.1) is 23.5 Å². The van der Waals surface area contributed by atoms with Gasteiger partial charge in [0.25, 0.3) is 0 Å². The first-order chi connectivity index (χ1) is 11.5. The van der Waals surface area contributed by atoms with Crippen LogP contribution in [0.2, 0.25) is 0 Å². The molecule has 1 aromatic carbocycles. The van der Waals surface area contributed by atoms with Gasteiger partial charge in [-0.3, -0.25) is 0 Å². The molecule has 3 N–H and O–H groups in total. The molecule has 1 aliphatic rings. The molecule has 0 spiro atoms. The molecule has 0 bridgehead atoms. The third-order valence-corrected chi connectivity index (χ3v) is 4.82. The minimum atomic E-state index is -0.500. The normalized spacial score (nSPS) is 18.9. The fourth-order valence-corrected chi connectivity index (χ4v) is 3.25. The Hall–Kier alpha value is -1.68. The summed E-state index contributed by atoms with van der Waals surface area (Å²) in [6.45, 7) is 6.00. The highest BCUT2D eigenvalue weighted by Crippen LogP contribution is 2.22. The molecule has 2 nitrogen and oxygen atoms in total. The van der Waals surface area contributed by atoms with E-state index in [2.05, 4.69) is 25.2 Å². The molecule has 4 heteroatoms. The van der Waals surface area contributed by atoms with Gasteiger partial charge < -0.3 is 11.1 Å². The largest absolute Gasteiger partial charge is 0.399 e. The van der Waals surface area contributed by atoms with E-state index < -0.39 is 11.6 Å². The van der Waals surface area contributed by atoms with Crippen LogP contribution in [0.15, 0.2) is 41.6 Å². The van der Waals surface area contributed by atoms with E-state index in [0.29, 0.717) is 18.3 Å². The van der Waals surface area contributed by atoms with Crippen molar-refractivity contribution in [3.8, 4) is 0 Å². The summed E-state index contributed by atoms with van der Waals surface area (Å²) >= 11 is 0. The van der Waals surface area contributed by atoms with Crippen molar-refractivity contribution in [3.05, 3.63) is 58.8 Å². The van der Waals surface area contributed by atoms with Crippen molar-refractivity contribution in [2.24, 2.45) is 17.6 Å². The van der Waals surface area contributed by atoms with Crippen molar-refractivity contribution < 1.29 is 8.78 Å². The van der Waals surface area contributed by atoms with Crippen LogP contribution in [0.1, 0.15) is 38.7 Å². The van der Waals surface area contributed by atoms with Gasteiger partial charge in [0.05, 0.1) is 0 Å². The van der Waals surface area contributed by atoms with Crippen molar-refractivity contribution in [1.82, 2.24) is 5.32 Å². The van der Waals surface area contributed by atoms with Crippen LogP contribution in [0.5, 0.6) is 0 Å². The van der Waals surface area contributed by atoms with Gasteiger partial charge in [-0.1, -0.05) is 26.3 Å². The molecule has 0 amide bonds. The quantitative estimate of drug-likeness (QED) is 0.695. The summed E-state index contributed by atoms with van der Waals surface area (Å²) in [4.78, 5) is 0. The van der Waals surface area contributed by atoms with Gasteiger partial charge in [0, 0.05) is 18.3 Å². The number of rotatable bonds is 8. The van der Waals surface area contributed by atoms with Crippen molar-refractivity contribution >= 4 is 0 Å². The molecule has 0 fully saturated rings. The maximum absolute atomic E-state index is 13.3. The van der Waals surface area contributed by atoms with Gasteiger partial charge in [-0.2, -0.15) is 0 Å². The molecular formula is C20H28F2N2. The fourth-order valence-electron chi connectivity index (χ4n) is 3.25.